The summed E-state index contributed by atoms with van der Waals surface area (Å²) >= 11 is 0. The minimum atomic E-state index is -1.22. The van der Waals surface area contributed by atoms with Crippen molar-refractivity contribution in [3.05, 3.63) is 274 Å². The molecule has 0 aliphatic heterocycles. The summed E-state index contributed by atoms with van der Waals surface area (Å²) in [6.07, 6.45) is 5.48. The third-order valence-corrected chi connectivity index (χ3v) is 11.6. The monoisotopic (exact) mass is 784 g/mol. The van der Waals surface area contributed by atoms with E-state index in [1.165, 1.54) is 43.7 Å². The number of imidazole rings is 1. The molecule has 1 heterocycles. The van der Waals surface area contributed by atoms with Crippen LogP contribution in [0, 0.1) is 0 Å². The van der Waals surface area contributed by atoms with Crippen molar-refractivity contribution in [2.45, 2.75) is 6.54 Å². The molecule has 0 aliphatic carbocycles. The van der Waals surface area contributed by atoms with Gasteiger partial charge in [-0.05, 0) is 0 Å². The van der Waals surface area contributed by atoms with Crippen LogP contribution in [-0.4, -0.2) is 16.9 Å². The molecule has 2 nitrogen and oxygen atoms in total. The van der Waals surface area contributed by atoms with E-state index in [2.05, 4.69) is 254 Å². The van der Waals surface area contributed by atoms with Crippen molar-refractivity contribution >= 4 is 56.0 Å². The molecule has 9 rings (SSSR count). The van der Waals surface area contributed by atoms with E-state index >= 15 is 0 Å². The van der Waals surface area contributed by atoms with Crippen LogP contribution < -0.4 is 77.8 Å². The molecule has 0 spiro atoms. The van der Waals surface area contributed by atoms with Crippen LogP contribution in [0.15, 0.2) is 274 Å². The van der Waals surface area contributed by atoms with Gasteiger partial charge in [0.05, 0.1) is 7.05 Å². The number of hydrogen-bond donors (Lipinski definition) is 0. The van der Waals surface area contributed by atoms with Crippen LogP contribution in [0.2, 0.25) is 0 Å². The molecule has 0 unspecified atom stereocenters. The summed E-state index contributed by atoms with van der Waals surface area (Å²) in [7, 11) is 2.00. The maximum absolute atomic E-state index is 3.64. The van der Waals surface area contributed by atoms with Gasteiger partial charge in [-0.25, -0.2) is 9.13 Å². The second-order valence-corrected chi connectivity index (χ2v) is 15.1. The second kappa shape index (κ2) is 21.7. The van der Waals surface area contributed by atoms with E-state index in [0.29, 0.717) is 0 Å². The van der Waals surface area contributed by atoms with Crippen LogP contribution in [0.4, 0.5) is 0 Å². The third kappa shape index (κ3) is 9.65. The molecule has 5 heteroatoms. The molecule has 1 aromatic heterocycles. The summed E-state index contributed by atoms with van der Waals surface area (Å²) in [4.78, 5) is 0. The first-order valence-corrected chi connectivity index (χ1v) is 20.5. The minimum absolute atomic E-state index is 0. The molecule has 0 atom stereocenters. The number of nitrogens with zero attached hydrogens (tertiary/aromatic N) is 2. The maximum Gasteiger partial charge on any atom is 1.00 e. The summed E-state index contributed by atoms with van der Waals surface area (Å²) in [6, 6.07) is 87.1. The van der Waals surface area contributed by atoms with Crippen LogP contribution >= 0.6 is 0 Å². The Morgan fingerprint density at radius 1 is 0.383 bits per heavy atom. The fourth-order valence-corrected chi connectivity index (χ4v) is 9.00. The zero-order chi connectivity index (χ0) is 40.6. The van der Waals surface area contributed by atoms with Crippen LogP contribution in [0.1, 0.15) is 0 Å². The van der Waals surface area contributed by atoms with E-state index in [9.17, 15) is 0 Å². The van der Waals surface area contributed by atoms with Gasteiger partial charge in [0, 0.05) is 0 Å². The van der Waals surface area contributed by atoms with Crippen molar-refractivity contribution in [3.63, 3.8) is 0 Å². The number of benzene rings is 8. The molecule has 0 N–H and O–H groups in total. The fourth-order valence-electron chi connectivity index (χ4n) is 9.00. The molecule has 8 aromatic carbocycles. The van der Waals surface area contributed by atoms with E-state index in [0.717, 1.165) is 6.54 Å². The smallest absolute Gasteiger partial charge is 0.240 e. The van der Waals surface area contributed by atoms with Gasteiger partial charge in [-0.1, -0.05) is 255 Å². The Morgan fingerprint density at radius 3 is 0.733 bits per heavy atom. The van der Waals surface area contributed by atoms with Crippen LogP contribution in [-0.2, 0) is 13.6 Å². The van der Waals surface area contributed by atoms with Crippen molar-refractivity contribution < 1.29 is 34.1 Å². The topological polar surface area (TPSA) is 8.81 Å². The minimum Gasteiger partial charge on any atom is -0.240 e. The molecule has 9 aromatic rings. The summed E-state index contributed by atoms with van der Waals surface area (Å²) in [5.41, 5.74) is 10.7. The van der Waals surface area contributed by atoms with Gasteiger partial charge < -0.3 is 0 Å². The number of aromatic nitrogens is 2. The Labute approximate surface area is 379 Å². The van der Waals surface area contributed by atoms with Crippen molar-refractivity contribution in [1.82, 2.24) is 4.57 Å². The first kappa shape index (κ1) is 43.4. The van der Waals surface area contributed by atoms with E-state index in [1.807, 2.05) is 36.4 Å². The average Bonchev–Trinajstić information content (AvgIpc) is 3.74. The summed E-state index contributed by atoms with van der Waals surface area (Å²) < 4.78 is 4.07. The summed E-state index contributed by atoms with van der Waals surface area (Å²) in [6.45, 7) is 4.52. The first-order valence-electron chi connectivity index (χ1n) is 20.5. The van der Waals surface area contributed by atoms with Crippen molar-refractivity contribution in [2.75, 3.05) is 0 Å². The molecule has 0 radical (unpaired) electrons. The molecule has 0 fully saturated rings. The van der Waals surface area contributed by atoms with Crippen molar-refractivity contribution in [2.24, 2.45) is 7.05 Å². The Bertz CT molecular complexity index is 2080. The van der Waals surface area contributed by atoms with Crippen molar-refractivity contribution in [3.8, 4) is 0 Å². The van der Waals surface area contributed by atoms with E-state index in [-0.39, 0.29) is 29.6 Å². The molecule has 288 valence electrons. The van der Waals surface area contributed by atoms with Gasteiger partial charge in [0.1, 0.15) is 31.2 Å². The molecule has 0 amide bonds. The fraction of sp³-hybridized carbons (Fsp3) is 0.0364. The van der Waals surface area contributed by atoms with Gasteiger partial charge in [-0.3, -0.25) is 0 Å². The quantitative estimate of drug-likeness (QED) is 0.114. The largest absolute Gasteiger partial charge is 1.00 e. The molecule has 0 bridgehead atoms. The zero-order valence-corrected chi connectivity index (χ0v) is 36.9. The second-order valence-electron chi connectivity index (χ2n) is 15.1. The van der Waals surface area contributed by atoms with Crippen molar-refractivity contribution in [1.29, 1.82) is 0 Å². The third-order valence-electron chi connectivity index (χ3n) is 11.6. The predicted octanol–water partition coefficient (Wildman–Crippen LogP) is 3.63. The van der Waals surface area contributed by atoms with Crippen LogP contribution in [0.5, 0.6) is 0 Å². The summed E-state index contributed by atoms with van der Waals surface area (Å²) in [5, 5.41) is 0. The van der Waals surface area contributed by atoms with E-state index in [1.54, 1.807) is 0 Å². The number of rotatable bonds is 10. The molecular weight excluding hydrogens is 733 g/mol. The Hall–Kier alpha value is -6.16. The molecule has 0 saturated heterocycles. The Morgan fingerprint density at radius 2 is 0.583 bits per heavy atom. The summed E-state index contributed by atoms with van der Waals surface area (Å²) in [5.74, 6) is 0. The molecule has 60 heavy (non-hydrogen) atoms. The Kier molecular flexibility index (Phi) is 15.7. The van der Waals surface area contributed by atoms with Gasteiger partial charge in [-0.2, -0.15) is 43.7 Å². The molecular formula is C55H51B2N2Na. The SMILES string of the molecule is C=CCn1cc[n+](C)c1.[Na+].c1ccc([B-](c2ccccc2)(c2ccccc2)c2ccccc2)cc1.c1ccc([B-](c2ccccc2)(c2ccccc2)c2ccccc2)cc1. The van der Waals surface area contributed by atoms with Gasteiger partial charge in [0.15, 0.2) is 0 Å². The number of hydrogen-bond acceptors (Lipinski definition) is 0. The normalized spacial score (nSPS) is 10.8. The number of allylic oxidation sites excluding steroid dienone is 1. The van der Waals surface area contributed by atoms with E-state index < -0.39 is 12.3 Å². The Balaban J connectivity index is 0.000000165. The van der Waals surface area contributed by atoms with Gasteiger partial charge in [-0.15, -0.1) is 0 Å². The average molecular weight is 785 g/mol. The number of aryl methyl sites for hydroxylation is 1. The first-order chi connectivity index (χ1) is 29.2. The van der Waals surface area contributed by atoms with Gasteiger partial charge >= 0.3 is 29.6 Å². The predicted molar refractivity (Wildman–Crippen MR) is 256 cm³/mol. The van der Waals surface area contributed by atoms with E-state index in [4.69, 9.17) is 0 Å². The maximum atomic E-state index is 3.64. The van der Waals surface area contributed by atoms with Gasteiger partial charge in [0.25, 0.3) is 0 Å². The standard InChI is InChI=1S/2C24H20B.C7H11N2.Na/c2*1-5-13-21(14-6-1)25(22-15-7-2-8-16-22,23-17-9-3-10-18-23)24-19-11-4-12-20-24;1-3-4-9-6-5-8(2)7-9;/h2*1-20H;3,5-7H,1,4H2,2H3;/q2*-1;2*+1. The molecule has 0 saturated carbocycles. The van der Waals surface area contributed by atoms with Gasteiger partial charge in [0.2, 0.25) is 6.33 Å². The van der Waals surface area contributed by atoms with Crippen LogP contribution in [0.3, 0.4) is 0 Å². The zero-order valence-electron chi connectivity index (χ0n) is 34.9. The van der Waals surface area contributed by atoms with Crippen LogP contribution in [0.25, 0.3) is 0 Å². The molecule has 0 aliphatic rings.